The number of carboxylic acids is 1. The zero-order valence-electron chi connectivity index (χ0n) is 26.3. The number of nitrogens with zero attached hydrogens (tertiary/aromatic N) is 2. The number of para-hydroxylation sites is 1. The van der Waals surface area contributed by atoms with Crippen molar-refractivity contribution in [2.75, 3.05) is 7.11 Å². The van der Waals surface area contributed by atoms with Crippen molar-refractivity contribution in [1.29, 1.82) is 0 Å². The Balaban J connectivity index is 1.63. The van der Waals surface area contributed by atoms with E-state index in [9.17, 15) is 14.7 Å². The molecule has 44 heavy (non-hydrogen) atoms. The number of Topliss-reactive ketones (excluding diaryl/α,β-unsaturated/α-hetero) is 1. The van der Waals surface area contributed by atoms with Crippen molar-refractivity contribution in [2.24, 2.45) is 10.8 Å². The second-order valence-electron chi connectivity index (χ2n) is 13.2. The van der Waals surface area contributed by atoms with Gasteiger partial charge in [0.25, 0.3) is 0 Å². The van der Waals surface area contributed by atoms with Gasteiger partial charge in [0.15, 0.2) is 5.78 Å². The zero-order valence-corrected chi connectivity index (χ0v) is 26.3. The Morgan fingerprint density at radius 1 is 0.886 bits per heavy atom. The second kappa shape index (κ2) is 12.2. The van der Waals surface area contributed by atoms with Crippen LogP contribution in [0.2, 0.25) is 0 Å². The van der Waals surface area contributed by atoms with Crippen molar-refractivity contribution in [3.05, 3.63) is 101 Å². The normalized spacial score (nSPS) is 12.0. The largest absolute Gasteiger partial charge is 0.497 e. The van der Waals surface area contributed by atoms with Gasteiger partial charge in [0.05, 0.1) is 23.7 Å². The highest BCUT2D eigenvalue weighted by Crippen LogP contribution is 2.37. The molecule has 0 aliphatic rings. The van der Waals surface area contributed by atoms with Gasteiger partial charge >= 0.3 is 5.97 Å². The van der Waals surface area contributed by atoms with Crippen LogP contribution < -0.4 is 9.47 Å². The Bertz CT molecular complexity index is 1840. The van der Waals surface area contributed by atoms with Gasteiger partial charge in [-0.1, -0.05) is 57.2 Å². The van der Waals surface area contributed by atoms with E-state index in [0.29, 0.717) is 30.0 Å². The summed E-state index contributed by atoms with van der Waals surface area (Å²) in [4.78, 5) is 31.1. The maximum Gasteiger partial charge on any atom is 0.309 e. The molecular formula is C37H40N2O5. The van der Waals surface area contributed by atoms with Gasteiger partial charge in [0, 0.05) is 46.9 Å². The van der Waals surface area contributed by atoms with E-state index < -0.39 is 11.4 Å². The summed E-state index contributed by atoms with van der Waals surface area (Å²) in [5.41, 5.74) is 3.43. The number of benzene rings is 3. The SMILES string of the molecule is COc1cccc(Cn2c(CC(C)(C)C(=O)O)c(C(=O)CC(C)(C)C)c3cc(OCc4ccc5ccccc5n4)ccc32)c1. The van der Waals surface area contributed by atoms with E-state index in [0.717, 1.165) is 38.8 Å². The Morgan fingerprint density at radius 3 is 2.39 bits per heavy atom. The average molecular weight is 593 g/mol. The smallest absolute Gasteiger partial charge is 0.309 e. The fourth-order valence-corrected chi connectivity index (χ4v) is 5.52. The van der Waals surface area contributed by atoms with E-state index in [2.05, 4.69) is 4.57 Å². The lowest BCUT2D eigenvalue weighted by atomic mass is 9.83. The number of aromatic nitrogens is 2. The van der Waals surface area contributed by atoms with Gasteiger partial charge in [-0.15, -0.1) is 0 Å². The average Bonchev–Trinajstić information content (AvgIpc) is 3.26. The number of ether oxygens (including phenoxy) is 2. The molecule has 7 nitrogen and oxygen atoms in total. The van der Waals surface area contributed by atoms with Crippen LogP contribution in [0.15, 0.2) is 78.9 Å². The Hall–Kier alpha value is -4.65. The Morgan fingerprint density at radius 2 is 1.66 bits per heavy atom. The molecule has 2 heterocycles. The fraction of sp³-hybridized carbons (Fsp3) is 0.324. The Labute approximate surface area is 258 Å². The highest BCUT2D eigenvalue weighted by atomic mass is 16.5. The molecule has 0 aliphatic heterocycles. The molecule has 0 unspecified atom stereocenters. The fourth-order valence-electron chi connectivity index (χ4n) is 5.52. The monoisotopic (exact) mass is 592 g/mol. The molecule has 5 rings (SSSR count). The number of hydrogen-bond donors (Lipinski definition) is 1. The number of fused-ring (bicyclic) bond motifs is 2. The molecule has 228 valence electrons. The third-order valence-corrected chi connectivity index (χ3v) is 7.82. The van der Waals surface area contributed by atoms with Gasteiger partial charge in [-0.25, -0.2) is 4.98 Å². The molecule has 0 fully saturated rings. The van der Waals surface area contributed by atoms with Gasteiger partial charge in [0.1, 0.15) is 18.1 Å². The van der Waals surface area contributed by atoms with E-state index in [-0.39, 0.29) is 24.2 Å². The van der Waals surface area contributed by atoms with Crippen LogP contribution in [0.3, 0.4) is 0 Å². The number of ketones is 1. The molecule has 0 atom stereocenters. The summed E-state index contributed by atoms with van der Waals surface area (Å²) < 4.78 is 13.8. The van der Waals surface area contributed by atoms with Crippen molar-refractivity contribution in [3.63, 3.8) is 0 Å². The third-order valence-electron chi connectivity index (χ3n) is 7.82. The summed E-state index contributed by atoms with van der Waals surface area (Å²) in [6.45, 7) is 10.2. The molecule has 5 aromatic rings. The maximum atomic E-state index is 14.1. The third kappa shape index (κ3) is 6.77. The topological polar surface area (TPSA) is 90.7 Å². The first kappa shape index (κ1) is 30.8. The molecule has 0 amide bonds. The van der Waals surface area contributed by atoms with Crippen LogP contribution in [0, 0.1) is 10.8 Å². The van der Waals surface area contributed by atoms with E-state index in [1.807, 2.05) is 99.6 Å². The number of carboxylic acid groups (broad SMARTS) is 1. The van der Waals surface area contributed by atoms with Crippen LogP contribution >= 0.6 is 0 Å². The molecule has 0 saturated heterocycles. The lowest BCUT2D eigenvalue weighted by molar-refractivity contribution is -0.146. The minimum atomic E-state index is -1.10. The first-order valence-electron chi connectivity index (χ1n) is 14.9. The molecule has 0 spiro atoms. The summed E-state index contributed by atoms with van der Waals surface area (Å²) in [5, 5.41) is 11.9. The van der Waals surface area contributed by atoms with Crippen LogP contribution in [0.1, 0.15) is 68.3 Å². The lowest BCUT2D eigenvalue weighted by Crippen LogP contribution is -2.28. The zero-order chi connectivity index (χ0) is 31.6. The Kier molecular flexibility index (Phi) is 8.51. The number of carbonyl (C=O) groups excluding carboxylic acids is 1. The van der Waals surface area contributed by atoms with Crippen LogP contribution in [-0.2, 0) is 24.4 Å². The van der Waals surface area contributed by atoms with Crippen LogP contribution in [0.5, 0.6) is 11.5 Å². The quantitative estimate of drug-likeness (QED) is 0.156. The predicted octanol–water partition coefficient (Wildman–Crippen LogP) is 8.10. The molecule has 2 aromatic heterocycles. The van der Waals surface area contributed by atoms with Gasteiger partial charge < -0.3 is 19.1 Å². The van der Waals surface area contributed by atoms with Crippen molar-refractivity contribution in [3.8, 4) is 11.5 Å². The van der Waals surface area contributed by atoms with Gasteiger partial charge in [-0.05, 0) is 67.3 Å². The molecular weight excluding hydrogens is 552 g/mol. The van der Waals surface area contributed by atoms with E-state index in [4.69, 9.17) is 14.5 Å². The van der Waals surface area contributed by atoms with Crippen LogP contribution in [0.4, 0.5) is 0 Å². The number of pyridine rings is 1. The highest BCUT2D eigenvalue weighted by molar-refractivity contribution is 6.10. The summed E-state index contributed by atoms with van der Waals surface area (Å²) in [6.07, 6.45) is 0.501. The molecule has 0 bridgehead atoms. The first-order chi connectivity index (χ1) is 20.8. The molecule has 1 N–H and O–H groups in total. The molecule has 0 radical (unpaired) electrons. The minimum Gasteiger partial charge on any atom is -0.497 e. The standard InChI is InChI=1S/C37H40N2O5/c1-36(2,3)21-33(40)34-29-19-28(44-23-26-15-14-25-11-7-8-13-30(25)38-26)16-17-31(29)39(32(34)20-37(4,5)35(41)42)22-24-10-9-12-27(18-24)43-6/h7-19H,20-23H2,1-6H3,(H,41,42). The summed E-state index contributed by atoms with van der Waals surface area (Å²) >= 11 is 0. The number of hydrogen-bond acceptors (Lipinski definition) is 5. The molecule has 0 aliphatic carbocycles. The number of carbonyl (C=O) groups is 2. The maximum absolute atomic E-state index is 14.1. The minimum absolute atomic E-state index is 0.0172. The lowest BCUT2D eigenvalue weighted by Gasteiger charge is -2.23. The second-order valence-corrected chi connectivity index (χ2v) is 13.2. The van der Waals surface area contributed by atoms with Crippen molar-refractivity contribution in [2.45, 2.75) is 60.6 Å². The van der Waals surface area contributed by atoms with Crippen LogP contribution in [-0.4, -0.2) is 33.5 Å². The van der Waals surface area contributed by atoms with Crippen LogP contribution in [0.25, 0.3) is 21.8 Å². The molecule has 7 heteroatoms. The van der Waals surface area contributed by atoms with Gasteiger partial charge in [0.2, 0.25) is 0 Å². The van der Waals surface area contributed by atoms with Crippen molar-refractivity contribution in [1.82, 2.24) is 9.55 Å². The van der Waals surface area contributed by atoms with E-state index >= 15 is 0 Å². The van der Waals surface area contributed by atoms with E-state index in [1.54, 1.807) is 21.0 Å². The molecule has 3 aromatic carbocycles. The summed E-state index contributed by atoms with van der Waals surface area (Å²) in [6, 6.07) is 25.5. The highest BCUT2D eigenvalue weighted by Gasteiger charge is 2.34. The van der Waals surface area contributed by atoms with Crippen molar-refractivity contribution < 1.29 is 24.2 Å². The first-order valence-corrected chi connectivity index (χ1v) is 14.9. The van der Waals surface area contributed by atoms with Gasteiger partial charge in [-0.2, -0.15) is 0 Å². The summed E-state index contributed by atoms with van der Waals surface area (Å²) in [7, 11) is 1.63. The van der Waals surface area contributed by atoms with Crippen molar-refractivity contribution >= 4 is 33.6 Å². The molecule has 0 saturated carbocycles. The van der Waals surface area contributed by atoms with E-state index in [1.165, 1.54) is 0 Å². The predicted molar refractivity (Wildman–Crippen MR) is 174 cm³/mol. The number of rotatable bonds is 11. The number of aliphatic carboxylic acids is 1. The number of methoxy groups -OCH3 is 1. The summed E-state index contributed by atoms with van der Waals surface area (Å²) in [5.74, 6) is 0.404. The van der Waals surface area contributed by atoms with Gasteiger partial charge in [-0.3, -0.25) is 9.59 Å².